The molecule has 1 fully saturated rings. The Balaban J connectivity index is 1.82. The van der Waals surface area contributed by atoms with Gasteiger partial charge in [-0.3, -0.25) is 0 Å². The van der Waals surface area contributed by atoms with Crippen LogP contribution < -0.4 is 5.32 Å². The van der Waals surface area contributed by atoms with Crippen molar-refractivity contribution in [2.45, 2.75) is 31.5 Å². The van der Waals surface area contributed by atoms with Crippen molar-refractivity contribution >= 4 is 0 Å². The lowest BCUT2D eigenvalue weighted by Crippen LogP contribution is -2.35. The molecule has 0 aromatic heterocycles. The standard InChI is InChI=1S/C15H21F3N2/c16-15(17,18)14(13-7-2-1-3-8-13)19-9-6-12-20-10-4-5-11-20/h1-3,7-8,14,19H,4-6,9-12H2. The summed E-state index contributed by atoms with van der Waals surface area (Å²) < 4.78 is 39.2. The molecule has 0 spiro atoms. The molecule has 0 radical (unpaired) electrons. The van der Waals surface area contributed by atoms with Crippen LogP contribution in [0.25, 0.3) is 0 Å². The van der Waals surface area contributed by atoms with Crippen molar-refractivity contribution in [1.82, 2.24) is 10.2 Å². The Morgan fingerprint density at radius 3 is 2.35 bits per heavy atom. The molecule has 112 valence electrons. The quantitative estimate of drug-likeness (QED) is 0.807. The minimum Gasteiger partial charge on any atom is -0.303 e. The highest BCUT2D eigenvalue weighted by atomic mass is 19.4. The highest BCUT2D eigenvalue weighted by molar-refractivity contribution is 5.20. The second-order valence-electron chi connectivity index (χ2n) is 5.24. The van der Waals surface area contributed by atoms with Gasteiger partial charge in [-0.25, -0.2) is 0 Å². The topological polar surface area (TPSA) is 15.3 Å². The summed E-state index contributed by atoms with van der Waals surface area (Å²) in [5, 5.41) is 2.65. The number of hydrogen-bond donors (Lipinski definition) is 1. The third-order valence-electron chi connectivity index (χ3n) is 3.66. The summed E-state index contributed by atoms with van der Waals surface area (Å²) in [5.41, 5.74) is 0.279. The lowest BCUT2D eigenvalue weighted by atomic mass is 10.1. The fourth-order valence-corrected chi connectivity index (χ4v) is 2.62. The van der Waals surface area contributed by atoms with Crippen molar-refractivity contribution in [2.24, 2.45) is 0 Å². The molecule has 1 aliphatic heterocycles. The highest BCUT2D eigenvalue weighted by Gasteiger charge is 2.40. The smallest absolute Gasteiger partial charge is 0.303 e. The summed E-state index contributed by atoms with van der Waals surface area (Å²) in [7, 11) is 0. The molecule has 0 amide bonds. The number of hydrogen-bond acceptors (Lipinski definition) is 2. The van der Waals surface area contributed by atoms with E-state index in [0.717, 1.165) is 26.1 Å². The van der Waals surface area contributed by atoms with Crippen LogP contribution in [0.4, 0.5) is 13.2 Å². The molecule has 1 aliphatic rings. The molecule has 2 nitrogen and oxygen atoms in total. The lowest BCUT2D eigenvalue weighted by Gasteiger charge is -2.23. The predicted octanol–water partition coefficient (Wildman–Crippen LogP) is 3.37. The summed E-state index contributed by atoms with van der Waals surface area (Å²) in [5.74, 6) is 0. The van der Waals surface area contributed by atoms with Crippen molar-refractivity contribution in [2.75, 3.05) is 26.2 Å². The van der Waals surface area contributed by atoms with E-state index >= 15 is 0 Å². The number of benzene rings is 1. The van der Waals surface area contributed by atoms with Gasteiger partial charge in [-0.15, -0.1) is 0 Å². The maximum absolute atomic E-state index is 13.1. The van der Waals surface area contributed by atoms with Gasteiger partial charge in [0.2, 0.25) is 0 Å². The van der Waals surface area contributed by atoms with Gasteiger partial charge in [-0.1, -0.05) is 30.3 Å². The SMILES string of the molecule is FC(F)(F)C(NCCCN1CCCC1)c1ccccc1. The molecule has 20 heavy (non-hydrogen) atoms. The van der Waals surface area contributed by atoms with E-state index in [9.17, 15) is 13.2 Å². The lowest BCUT2D eigenvalue weighted by molar-refractivity contribution is -0.157. The van der Waals surface area contributed by atoms with E-state index in [1.54, 1.807) is 18.2 Å². The molecule has 1 atom stereocenters. The zero-order valence-corrected chi connectivity index (χ0v) is 11.5. The molecule has 0 aliphatic carbocycles. The van der Waals surface area contributed by atoms with Crippen molar-refractivity contribution in [3.8, 4) is 0 Å². The van der Waals surface area contributed by atoms with Crippen LogP contribution in [-0.2, 0) is 0 Å². The van der Waals surface area contributed by atoms with Crippen molar-refractivity contribution in [3.05, 3.63) is 35.9 Å². The third kappa shape index (κ3) is 4.49. The van der Waals surface area contributed by atoms with Crippen LogP contribution in [0, 0.1) is 0 Å². The number of nitrogens with zero attached hydrogens (tertiary/aromatic N) is 1. The predicted molar refractivity (Wildman–Crippen MR) is 73.5 cm³/mol. The fourth-order valence-electron chi connectivity index (χ4n) is 2.62. The van der Waals surface area contributed by atoms with Crippen LogP contribution >= 0.6 is 0 Å². The first-order valence-electron chi connectivity index (χ1n) is 7.15. The zero-order chi connectivity index (χ0) is 14.4. The summed E-state index contributed by atoms with van der Waals surface area (Å²) in [6, 6.07) is 6.48. The first-order valence-corrected chi connectivity index (χ1v) is 7.15. The van der Waals surface area contributed by atoms with Crippen molar-refractivity contribution in [1.29, 1.82) is 0 Å². The summed E-state index contributed by atoms with van der Waals surface area (Å²) in [4.78, 5) is 2.31. The highest BCUT2D eigenvalue weighted by Crippen LogP contribution is 2.32. The van der Waals surface area contributed by atoms with E-state index in [2.05, 4.69) is 10.2 Å². The van der Waals surface area contributed by atoms with Gasteiger partial charge in [-0.05, 0) is 51.0 Å². The van der Waals surface area contributed by atoms with Gasteiger partial charge in [0.05, 0.1) is 0 Å². The molecule has 1 heterocycles. The Morgan fingerprint density at radius 2 is 1.75 bits per heavy atom. The summed E-state index contributed by atoms with van der Waals surface area (Å²) in [6.45, 7) is 3.44. The van der Waals surface area contributed by atoms with E-state index in [4.69, 9.17) is 0 Å². The zero-order valence-electron chi connectivity index (χ0n) is 11.5. The van der Waals surface area contributed by atoms with E-state index in [1.165, 1.54) is 25.0 Å². The minimum absolute atomic E-state index is 0.279. The molecule has 1 saturated heterocycles. The van der Waals surface area contributed by atoms with Crippen LogP contribution in [0.3, 0.4) is 0 Å². The average molecular weight is 286 g/mol. The minimum atomic E-state index is -4.25. The average Bonchev–Trinajstić information content (AvgIpc) is 2.91. The van der Waals surface area contributed by atoms with Crippen LogP contribution in [0.1, 0.15) is 30.9 Å². The Bertz CT molecular complexity index is 386. The second-order valence-corrected chi connectivity index (χ2v) is 5.24. The number of rotatable bonds is 6. The van der Waals surface area contributed by atoms with Gasteiger partial charge >= 0.3 is 6.18 Å². The van der Waals surface area contributed by atoms with Crippen LogP contribution in [0.5, 0.6) is 0 Å². The fraction of sp³-hybridized carbons (Fsp3) is 0.600. The Morgan fingerprint density at radius 1 is 1.10 bits per heavy atom. The molecule has 2 rings (SSSR count). The molecule has 0 saturated carbocycles. The van der Waals surface area contributed by atoms with Gasteiger partial charge in [0.1, 0.15) is 6.04 Å². The largest absolute Gasteiger partial charge is 0.407 e. The first-order chi connectivity index (χ1) is 9.57. The Kier molecular flexibility index (Phi) is 5.43. The van der Waals surface area contributed by atoms with Gasteiger partial charge < -0.3 is 10.2 Å². The summed E-state index contributed by atoms with van der Waals surface area (Å²) >= 11 is 0. The normalized spacial score (nSPS) is 18.4. The van der Waals surface area contributed by atoms with E-state index in [-0.39, 0.29) is 5.56 Å². The van der Waals surface area contributed by atoms with Crippen LogP contribution in [0.2, 0.25) is 0 Å². The second kappa shape index (κ2) is 7.09. The number of alkyl halides is 3. The molecule has 1 aromatic carbocycles. The maximum Gasteiger partial charge on any atom is 0.407 e. The molecule has 5 heteroatoms. The molecule has 0 bridgehead atoms. The van der Waals surface area contributed by atoms with Gasteiger partial charge in [0, 0.05) is 0 Å². The van der Waals surface area contributed by atoms with Crippen LogP contribution in [-0.4, -0.2) is 37.3 Å². The first kappa shape index (κ1) is 15.3. The Labute approximate surface area is 118 Å². The van der Waals surface area contributed by atoms with Crippen molar-refractivity contribution in [3.63, 3.8) is 0 Å². The van der Waals surface area contributed by atoms with Crippen molar-refractivity contribution < 1.29 is 13.2 Å². The van der Waals surface area contributed by atoms with Gasteiger partial charge in [0.15, 0.2) is 0 Å². The molecule has 1 N–H and O–H groups in total. The third-order valence-corrected chi connectivity index (χ3v) is 3.66. The number of likely N-dealkylation sites (tertiary alicyclic amines) is 1. The molecular formula is C15H21F3N2. The van der Waals surface area contributed by atoms with E-state index in [1.807, 2.05) is 0 Å². The number of nitrogens with one attached hydrogen (secondary N) is 1. The van der Waals surface area contributed by atoms with Gasteiger partial charge in [0.25, 0.3) is 0 Å². The monoisotopic (exact) mass is 286 g/mol. The van der Waals surface area contributed by atoms with Crippen LogP contribution in [0.15, 0.2) is 30.3 Å². The maximum atomic E-state index is 13.1. The Hall–Kier alpha value is -1.07. The number of halogens is 3. The van der Waals surface area contributed by atoms with E-state index < -0.39 is 12.2 Å². The molecular weight excluding hydrogens is 265 g/mol. The molecule has 1 unspecified atom stereocenters. The molecule has 1 aromatic rings. The summed E-state index contributed by atoms with van der Waals surface area (Å²) in [6.07, 6.45) is -1.08. The van der Waals surface area contributed by atoms with E-state index in [0.29, 0.717) is 6.54 Å². The van der Waals surface area contributed by atoms with Gasteiger partial charge in [-0.2, -0.15) is 13.2 Å².